The molecule has 0 aliphatic rings. The average Bonchev–Trinajstić information content (AvgIpc) is 2.57. The Morgan fingerprint density at radius 3 is 2.62 bits per heavy atom. The lowest BCUT2D eigenvalue weighted by Crippen LogP contribution is -2.20. The Morgan fingerprint density at radius 2 is 1.83 bits per heavy atom. The van der Waals surface area contributed by atoms with Crippen LogP contribution in [0.3, 0.4) is 0 Å². The number of anilines is 1. The Hall–Kier alpha value is -1.44. The van der Waals surface area contributed by atoms with Crippen molar-refractivity contribution in [2.75, 3.05) is 11.9 Å². The summed E-state index contributed by atoms with van der Waals surface area (Å²) in [7, 11) is 0. The van der Waals surface area contributed by atoms with Crippen LogP contribution in [-0.4, -0.2) is 17.5 Å². The molecule has 4 nitrogen and oxygen atoms in total. The molecule has 0 saturated heterocycles. The molecule has 1 N–H and O–H groups in total. The van der Waals surface area contributed by atoms with Crippen LogP contribution in [0.4, 0.5) is 5.69 Å². The van der Waals surface area contributed by atoms with Crippen molar-refractivity contribution in [3.05, 3.63) is 62.1 Å². The van der Waals surface area contributed by atoms with E-state index in [0.29, 0.717) is 17.0 Å². The molecule has 0 spiro atoms. The van der Waals surface area contributed by atoms with Gasteiger partial charge in [-0.05, 0) is 56.1 Å². The van der Waals surface area contributed by atoms with Gasteiger partial charge in [-0.25, -0.2) is 0 Å². The maximum Gasteiger partial charge on any atom is 0.262 e. The van der Waals surface area contributed by atoms with Gasteiger partial charge in [0.05, 0.1) is 10.2 Å². The molecule has 0 saturated carbocycles. The lowest BCUT2D eigenvalue weighted by molar-refractivity contribution is -0.118. The van der Waals surface area contributed by atoms with E-state index >= 15 is 0 Å². The first-order valence-corrected chi connectivity index (χ1v) is 9.34. The number of hydrogen-bond acceptors (Lipinski definition) is 3. The molecule has 1 heterocycles. The molecule has 0 bridgehead atoms. The number of pyridine rings is 1. The van der Waals surface area contributed by atoms with Crippen LogP contribution in [0.25, 0.3) is 10.9 Å². The van der Waals surface area contributed by atoms with Gasteiger partial charge in [0.15, 0.2) is 12.4 Å². The van der Waals surface area contributed by atoms with Crippen molar-refractivity contribution in [2.45, 2.75) is 0 Å². The summed E-state index contributed by atoms with van der Waals surface area (Å²) in [5, 5.41) is 3.72. The number of carbonyl (C=O) groups is 1. The molecule has 0 fully saturated rings. The fraction of sp³-hybridized carbons (Fsp3) is 0.0588. The van der Waals surface area contributed by atoms with Crippen molar-refractivity contribution >= 4 is 70.3 Å². The average molecular weight is 515 g/mol. The Kier molecular flexibility index (Phi) is 5.53. The second-order valence-electron chi connectivity index (χ2n) is 4.89. The van der Waals surface area contributed by atoms with Gasteiger partial charge >= 0.3 is 0 Å². The fourth-order valence-corrected chi connectivity index (χ4v) is 3.94. The zero-order valence-corrected chi connectivity index (χ0v) is 17.0. The molecule has 24 heavy (non-hydrogen) atoms. The number of para-hydroxylation sites is 1. The smallest absolute Gasteiger partial charge is 0.262 e. The van der Waals surface area contributed by atoms with Gasteiger partial charge in [-0.3, -0.25) is 9.78 Å². The van der Waals surface area contributed by atoms with E-state index in [-0.39, 0.29) is 12.5 Å². The third-order valence-electron chi connectivity index (χ3n) is 3.25. The van der Waals surface area contributed by atoms with E-state index in [1.54, 1.807) is 6.20 Å². The second kappa shape index (κ2) is 7.63. The van der Waals surface area contributed by atoms with Crippen LogP contribution in [0.5, 0.6) is 5.75 Å². The van der Waals surface area contributed by atoms with Crippen molar-refractivity contribution in [3.63, 3.8) is 0 Å². The number of benzene rings is 2. The van der Waals surface area contributed by atoms with Crippen LogP contribution >= 0.6 is 47.8 Å². The summed E-state index contributed by atoms with van der Waals surface area (Å²) in [6, 6.07) is 13.1. The molecule has 0 aliphatic carbocycles. The van der Waals surface area contributed by atoms with Crippen molar-refractivity contribution in [3.8, 4) is 5.75 Å². The van der Waals surface area contributed by atoms with Crippen LogP contribution in [0.1, 0.15) is 0 Å². The maximum absolute atomic E-state index is 12.2. The van der Waals surface area contributed by atoms with E-state index in [9.17, 15) is 4.79 Å². The Balaban J connectivity index is 1.79. The van der Waals surface area contributed by atoms with Gasteiger partial charge in [-0.2, -0.15) is 0 Å². The third-order valence-corrected chi connectivity index (χ3v) is 5.18. The lowest BCUT2D eigenvalue weighted by Gasteiger charge is -2.12. The van der Waals surface area contributed by atoms with Crippen molar-refractivity contribution in [2.24, 2.45) is 0 Å². The molecular formula is C17H11Br3N2O2. The molecule has 3 aromatic rings. The third kappa shape index (κ3) is 3.79. The number of rotatable bonds is 4. The standard InChI is InChI=1S/C17H11Br3N2O2/c18-11-5-1-2-6-14(11)22-15(23)9-24-17-13(20)8-12(19)10-4-3-7-21-16(10)17/h1-8H,9H2,(H,22,23). The first-order chi connectivity index (χ1) is 11.6. The summed E-state index contributed by atoms with van der Waals surface area (Å²) in [6.45, 7) is -0.118. The summed E-state index contributed by atoms with van der Waals surface area (Å²) in [4.78, 5) is 16.5. The minimum absolute atomic E-state index is 0.118. The minimum atomic E-state index is -0.249. The number of ether oxygens (including phenoxy) is 1. The largest absolute Gasteiger partial charge is 0.480 e. The zero-order chi connectivity index (χ0) is 17.1. The van der Waals surface area contributed by atoms with E-state index in [1.807, 2.05) is 42.5 Å². The molecule has 0 unspecified atom stereocenters. The molecule has 0 atom stereocenters. The van der Waals surface area contributed by atoms with Crippen LogP contribution in [-0.2, 0) is 4.79 Å². The van der Waals surface area contributed by atoms with Crippen LogP contribution < -0.4 is 10.1 Å². The highest BCUT2D eigenvalue weighted by Gasteiger charge is 2.14. The molecule has 122 valence electrons. The topological polar surface area (TPSA) is 51.2 Å². The highest BCUT2D eigenvalue weighted by atomic mass is 79.9. The monoisotopic (exact) mass is 512 g/mol. The number of nitrogens with one attached hydrogen (secondary N) is 1. The van der Waals surface area contributed by atoms with E-state index in [0.717, 1.165) is 18.8 Å². The molecule has 0 aliphatic heterocycles. The molecule has 2 aromatic carbocycles. The number of carbonyl (C=O) groups excluding carboxylic acids is 1. The number of aromatic nitrogens is 1. The zero-order valence-electron chi connectivity index (χ0n) is 12.2. The Morgan fingerprint density at radius 1 is 1.04 bits per heavy atom. The van der Waals surface area contributed by atoms with Crippen molar-refractivity contribution in [1.82, 2.24) is 4.98 Å². The van der Waals surface area contributed by atoms with Crippen LogP contribution in [0, 0.1) is 0 Å². The highest BCUT2D eigenvalue weighted by molar-refractivity contribution is 9.11. The van der Waals surface area contributed by atoms with E-state index in [4.69, 9.17) is 4.74 Å². The van der Waals surface area contributed by atoms with Gasteiger partial charge in [0.2, 0.25) is 0 Å². The predicted molar refractivity (Wildman–Crippen MR) is 105 cm³/mol. The Labute approximate surface area is 164 Å². The SMILES string of the molecule is O=C(COc1c(Br)cc(Br)c2cccnc12)Nc1ccccc1Br. The van der Waals surface area contributed by atoms with Gasteiger partial charge < -0.3 is 10.1 Å². The number of fused-ring (bicyclic) bond motifs is 1. The fourth-order valence-electron chi connectivity index (χ4n) is 2.17. The molecule has 0 radical (unpaired) electrons. The van der Waals surface area contributed by atoms with Crippen molar-refractivity contribution in [1.29, 1.82) is 0 Å². The number of halogens is 3. The predicted octanol–water partition coefficient (Wildman–Crippen LogP) is 5.54. The van der Waals surface area contributed by atoms with E-state index in [1.165, 1.54) is 0 Å². The lowest BCUT2D eigenvalue weighted by atomic mass is 10.2. The summed E-state index contributed by atoms with van der Waals surface area (Å²) < 4.78 is 8.17. The normalized spacial score (nSPS) is 10.6. The molecule has 3 rings (SSSR count). The summed E-state index contributed by atoms with van der Waals surface area (Å²) in [6.07, 6.45) is 1.69. The summed E-state index contributed by atoms with van der Waals surface area (Å²) in [5.41, 5.74) is 1.39. The van der Waals surface area contributed by atoms with Gasteiger partial charge in [0, 0.05) is 20.5 Å². The quantitative estimate of drug-likeness (QED) is 0.497. The number of amides is 1. The van der Waals surface area contributed by atoms with Crippen LogP contribution in [0.2, 0.25) is 0 Å². The van der Waals surface area contributed by atoms with Crippen LogP contribution in [0.15, 0.2) is 62.1 Å². The second-order valence-corrected chi connectivity index (χ2v) is 7.45. The van der Waals surface area contributed by atoms with E-state index in [2.05, 4.69) is 58.1 Å². The van der Waals surface area contributed by atoms with E-state index < -0.39 is 0 Å². The summed E-state index contributed by atoms with van der Waals surface area (Å²) >= 11 is 10.4. The van der Waals surface area contributed by atoms with Gasteiger partial charge in [0.25, 0.3) is 5.91 Å². The minimum Gasteiger partial charge on any atom is -0.480 e. The molecular weight excluding hydrogens is 504 g/mol. The number of nitrogens with zero attached hydrogens (tertiary/aromatic N) is 1. The van der Waals surface area contributed by atoms with Crippen molar-refractivity contribution < 1.29 is 9.53 Å². The molecule has 7 heteroatoms. The van der Waals surface area contributed by atoms with Gasteiger partial charge in [-0.15, -0.1) is 0 Å². The first kappa shape index (κ1) is 17.4. The Bertz CT molecular complexity index is 915. The van der Waals surface area contributed by atoms with Gasteiger partial charge in [0.1, 0.15) is 5.52 Å². The molecule has 1 aromatic heterocycles. The summed E-state index contributed by atoms with van der Waals surface area (Å²) in [5.74, 6) is 0.289. The highest BCUT2D eigenvalue weighted by Crippen LogP contribution is 2.37. The maximum atomic E-state index is 12.2. The number of hydrogen-bond donors (Lipinski definition) is 1. The molecule has 1 amide bonds. The first-order valence-electron chi connectivity index (χ1n) is 6.96. The van der Waals surface area contributed by atoms with Gasteiger partial charge in [-0.1, -0.05) is 34.1 Å².